The Morgan fingerprint density at radius 2 is 0.839 bits per heavy atom. The first-order valence-corrected chi connectivity index (χ1v) is 14.4. The van der Waals surface area contributed by atoms with Crippen molar-refractivity contribution in [3.8, 4) is 0 Å². The van der Waals surface area contributed by atoms with E-state index in [2.05, 4.69) is 13.8 Å². The first-order valence-electron chi connectivity index (χ1n) is 14.4. The van der Waals surface area contributed by atoms with Crippen molar-refractivity contribution in [3.05, 3.63) is 0 Å². The van der Waals surface area contributed by atoms with Gasteiger partial charge >= 0.3 is 0 Å². The molecule has 0 heterocycles. The van der Waals surface area contributed by atoms with Crippen molar-refractivity contribution >= 4 is 5.78 Å². The molecule has 0 aliphatic carbocycles. The van der Waals surface area contributed by atoms with E-state index in [0.717, 1.165) is 19.3 Å². The third-order valence-corrected chi connectivity index (χ3v) is 6.66. The largest absolute Gasteiger partial charge is 0.393 e. The zero-order valence-corrected chi connectivity index (χ0v) is 21.6. The summed E-state index contributed by atoms with van der Waals surface area (Å²) in [5.41, 5.74) is 0. The lowest BCUT2D eigenvalue weighted by Gasteiger charge is -2.10. The fourth-order valence-electron chi connectivity index (χ4n) is 4.50. The van der Waals surface area contributed by atoms with Crippen LogP contribution in [0.2, 0.25) is 0 Å². The quantitative estimate of drug-likeness (QED) is 0.136. The zero-order chi connectivity index (χ0) is 22.8. The lowest BCUT2D eigenvalue weighted by molar-refractivity contribution is -0.121. The predicted molar refractivity (Wildman–Crippen MR) is 138 cm³/mol. The van der Waals surface area contributed by atoms with E-state index >= 15 is 0 Å². The standard InChI is InChI=1S/C29H58O2/c1-3-5-7-9-11-13-15-17-19-21-23-25-28(30)27-29(31)26-24-22-20-18-16-14-12-10-8-6-4-2/h28,30H,3-27H2,1-2H3. The highest BCUT2D eigenvalue weighted by atomic mass is 16.3. The summed E-state index contributed by atoms with van der Waals surface area (Å²) in [4.78, 5) is 12.1. The Balaban J connectivity index is 3.30. The third-order valence-electron chi connectivity index (χ3n) is 6.66. The fraction of sp³-hybridized carbons (Fsp3) is 0.966. The molecule has 2 nitrogen and oxygen atoms in total. The number of hydrogen-bond acceptors (Lipinski definition) is 2. The SMILES string of the molecule is CCCCCCCCCCCCCC(=O)CC(O)CCCCCCCCCCCCC. The average Bonchev–Trinajstić information content (AvgIpc) is 2.75. The number of ketones is 1. The van der Waals surface area contributed by atoms with Crippen LogP contribution in [0, 0.1) is 0 Å². The van der Waals surface area contributed by atoms with Crippen LogP contribution < -0.4 is 0 Å². The summed E-state index contributed by atoms with van der Waals surface area (Å²) in [5.74, 6) is 0.270. The van der Waals surface area contributed by atoms with Gasteiger partial charge in [0, 0.05) is 12.8 Å². The number of Topliss-reactive ketones (excluding diaryl/α,β-unsaturated/α-hetero) is 1. The van der Waals surface area contributed by atoms with Crippen LogP contribution in [0.4, 0.5) is 0 Å². The Hall–Kier alpha value is -0.370. The maximum Gasteiger partial charge on any atom is 0.135 e. The van der Waals surface area contributed by atoms with E-state index in [1.165, 1.54) is 128 Å². The molecule has 1 N–H and O–H groups in total. The molecule has 0 aromatic rings. The van der Waals surface area contributed by atoms with Crippen LogP contribution in [0.3, 0.4) is 0 Å². The van der Waals surface area contributed by atoms with E-state index in [1.54, 1.807) is 0 Å². The summed E-state index contributed by atoms with van der Waals surface area (Å²) in [6, 6.07) is 0. The van der Waals surface area contributed by atoms with Gasteiger partial charge in [-0.25, -0.2) is 0 Å². The molecule has 0 radical (unpaired) electrons. The van der Waals surface area contributed by atoms with Crippen molar-refractivity contribution in [2.75, 3.05) is 0 Å². The number of carbonyl (C=O) groups is 1. The van der Waals surface area contributed by atoms with Gasteiger partial charge in [-0.2, -0.15) is 0 Å². The number of carbonyl (C=O) groups excluding carboxylic acids is 1. The number of hydrogen-bond donors (Lipinski definition) is 1. The van der Waals surface area contributed by atoms with Gasteiger partial charge in [0.15, 0.2) is 0 Å². The molecule has 0 aliphatic heterocycles. The van der Waals surface area contributed by atoms with Crippen LogP contribution in [0.1, 0.15) is 174 Å². The van der Waals surface area contributed by atoms with E-state index in [0.29, 0.717) is 12.8 Å². The maximum atomic E-state index is 12.1. The molecule has 186 valence electrons. The van der Waals surface area contributed by atoms with Crippen molar-refractivity contribution in [2.45, 2.75) is 180 Å². The van der Waals surface area contributed by atoms with Gasteiger partial charge in [-0.1, -0.05) is 149 Å². The van der Waals surface area contributed by atoms with Crippen molar-refractivity contribution in [2.24, 2.45) is 0 Å². The number of aliphatic hydroxyl groups excluding tert-OH is 1. The van der Waals surface area contributed by atoms with Gasteiger partial charge in [-0.15, -0.1) is 0 Å². The van der Waals surface area contributed by atoms with Crippen molar-refractivity contribution < 1.29 is 9.90 Å². The minimum absolute atomic E-state index is 0.270. The lowest BCUT2D eigenvalue weighted by atomic mass is 10.0. The lowest BCUT2D eigenvalue weighted by Crippen LogP contribution is -2.13. The summed E-state index contributed by atoms with van der Waals surface area (Å²) < 4.78 is 0. The van der Waals surface area contributed by atoms with Crippen LogP contribution in [0.15, 0.2) is 0 Å². The minimum Gasteiger partial charge on any atom is -0.393 e. The van der Waals surface area contributed by atoms with E-state index in [4.69, 9.17) is 0 Å². The second-order valence-electron chi connectivity index (χ2n) is 10.0. The van der Waals surface area contributed by atoms with Crippen LogP contribution in [-0.4, -0.2) is 17.0 Å². The van der Waals surface area contributed by atoms with E-state index in [1.807, 2.05) is 0 Å². The van der Waals surface area contributed by atoms with Gasteiger partial charge in [0.05, 0.1) is 6.10 Å². The number of unbranched alkanes of at least 4 members (excludes halogenated alkanes) is 20. The molecular weight excluding hydrogens is 380 g/mol. The van der Waals surface area contributed by atoms with E-state index in [9.17, 15) is 9.90 Å². The molecule has 0 fully saturated rings. The maximum absolute atomic E-state index is 12.1. The normalized spacial score (nSPS) is 12.4. The number of rotatable bonds is 26. The van der Waals surface area contributed by atoms with Gasteiger partial charge in [0.2, 0.25) is 0 Å². The Morgan fingerprint density at radius 1 is 0.516 bits per heavy atom. The predicted octanol–water partition coefficient (Wildman–Crippen LogP) is 9.71. The zero-order valence-electron chi connectivity index (χ0n) is 21.6. The molecule has 0 amide bonds. The highest BCUT2D eigenvalue weighted by Gasteiger charge is 2.10. The van der Waals surface area contributed by atoms with E-state index < -0.39 is 6.10 Å². The molecule has 0 saturated carbocycles. The smallest absolute Gasteiger partial charge is 0.135 e. The minimum atomic E-state index is -0.404. The molecule has 0 aliphatic rings. The summed E-state index contributed by atoms with van der Waals surface area (Å²) in [6.45, 7) is 4.54. The van der Waals surface area contributed by atoms with Crippen LogP contribution >= 0.6 is 0 Å². The van der Waals surface area contributed by atoms with Gasteiger partial charge in [-0.3, -0.25) is 4.79 Å². The van der Waals surface area contributed by atoms with Gasteiger partial charge in [0.25, 0.3) is 0 Å². The van der Waals surface area contributed by atoms with Crippen molar-refractivity contribution in [3.63, 3.8) is 0 Å². The molecule has 0 rings (SSSR count). The molecule has 2 heteroatoms. The van der Waals surface area contributed by atoms with Gasteiger partial charge in [0.1, 0.15) is 5.78 Å². The van der Waals surface area contributed by atoms with Gasteiger partial charge < -0.3 is 5.11 Å². The molecule has 0 aromatic heterocycles. The summed E-state index contributed by atoms with van der Waals surface area (Å²) >= 11 is 0. The Kier molecular flexibility index (Phi) is 25.6. The molecular formula is C29H58O2. The fourth-order valence-corrected chi connectivity index (χ4v) is 4.50. The van der Waals surface area contributed by atoms with Crippen LogP contribution in [-0.2, 0) is 4.79 Å². The van der Waals surface area contributed by atoms with Crippen molar-refractivity contribution in [1.82, 2.24) is 0 Å². The Labute approximate surface area is 196 Å². The molecule has 1 unspecified atom stereocenters. The second kappa shape index (κ2) is 25.9. The first kappa shape index (κ1) is 30.6. The van der Waals surface area contributed by atoms with Crippen LogP contribution in [0.5, 0.6) is 0 Å². The highest BCUT2D eigenvalue weighted by Crippen LogP contribution is 2.15. The molecule has 0 spiro atoms. The highest BCUT2D eigenvalue weighted by molar-refractivity contribution is 5.78. The molecule has 31 heavy (non-hydrogen) atoms. The summed E-state index contributed by atoms with van der Waals surface area (Å²) in [5, 5.41) is 10.1. The average molecular weight is 439 g/mol. The van der Waals surface area contributed by atoms with Crippen LogP contribution in [0.25, 0.3) is 0 Å². The topological polar surface area (TPSA) is 37.3 Å². The van der Waals surface area contributed by atoms with E-state index in [-0.39, 0.29) is 5.78 Å². The monoisotopic (exact) mass is 438 g/mol. The Morgan fingerprint density at radius 3 is 1.23 bits per heavy atom. The molecule has 0 aromatic carbocycles. The van der Waals surface area contributed by atoms with Crippen molar-refractivity contribution in [1.29, 1.82) is 0 Å². The summed E-state index contributed by atoms with van der Waals surface area (Å²) in [7, 11) is 0. The summed E-state index contributed by atoms with van der Waals surface area (Å²) in [6.07, 6.45) is 30.5. The Bertz CT molecular complexity index is 353. The number of aliphatic hydroxyl groups is 1. The molecule has 0 bridgehead atoms. The first-order chi connectivity index (χ1) is 15.2. The second-order valence-corrected chi connectivity index (χ2v) is 10.0. The molecule has 1 atom stereocenters. The molecule has 0 saturated heterocycles. The van der Waals surface area contributed by atoms with Gasteiger partial charge in [-0.05, 0) is 12.8 Å². The third kappa shape index (κ3) is 25.8.